The average molecular weight is 286 g/mol. The number of likely N-dealkylation sites (tertiary alicyclic amines) is 1. The highest BCUT2D eigenvalue weighted by Crippen LogP contribution is 2.31. The summed E-state index contributed by atoms with van der Waals surface area (Å²) in [5.41, 5.74) is 1.57. The molecule has 6 heteroatoms. The molecule has 0 aromatic carbocycles. The van der Waals surface area contributed by atoms with Crippen LogP contribution in [0.15, 0.2) is 23.1 Å². The number of nitrogens with one attached hydrogen (secondary N) is 2. The van der Waals surface area contributed by atoms with E-state index in [2.05, 4.69) is 15.0 Å². The van der Waals surface area contributed by atoms with Crippen LogP contribution in [0.1, 0.15) is 46.5 Å². The Balaban J connectivity index is 1.91. The number of rotatable bonds is 2. The molecule has 0 bridgehead atoms. The first-order chi connectivity index (χ1) is 10.1. The smallest absolute Gasteiger partial charge is 0.260 e. The summed E-state index contributed by atoms with van der Waals surface area (Å²) in [4.78, 5) is 36.5. The molecule has 1 atom stereocenters. The van der Waals surface area contributed by atoms with Crippen molar-refractivity contribution >= 4 is 5.91 Å². The standard InChI is InChI=1S/C15H18N4O2/c1-9-5-6-11(14(20)18-9)15(21)19-7-3-4-12(19)13-16-8-10(2)17-13/h5-6,8,12H,3-4,7H2,1-2H3,(H,16,17)(H,18,20)/t12-/m1/s1. The number of H-pyrrole nitrogens is 2. The normalized spacial score (nSPS) is 18.2. The Morgan fingerprint density at radius 3 is 2.76 bits per heavy atom. The second-order valence-electron chi connectivity index (χ2n) is 5.49. The first-order valence-corrected chi connectivity index (χ1v) is 7.08. The molecular weight excluding hydrogens is 268 g/mol. The summed E-state index contributed by atoms with van der Waals surface area (Å²) in [7, 11) is 0. The van der Waals surface area contributed by atoms with Gasteiger partial charge in [0.2, 0.25) is 0 Å². The first-order valence-electron chi connectivity index (χ1n) is 7.08. The number of aromatic nitrogens is 3. The molecule has 6 nitrogen and oxygen atoms in total. The molecule has 3 heterocycles. The molecule has 0 unspecified atom stereocenters. The van der Waals surface area contributed by atoms with Gasteiger partial charge in [0.15, 0.2) is 0 Å². The molecule has 2 aromatic heterocycles. The zero-order valence-corrected chi connectivity index (χ0v) is 12.1. The molecule has 1 amide bonds. The highest BCUT2D eigenvalue weighted by molar-refractivity contribution is 5.94. The van der Waals surface area contributed by atoms with Crippen LogP contribution in [-0.2, 0) is 0 Å². The van der Waals surface area contributed by atoms with Crippen molar-refractivity contribution < 1.29 is 4.79 Å². The van der Waals surface area contributed by atoms with E-state index in [-0.39, 0.29) is 23.1 Å². The van der Waals surface area contributed by atoms with E-state index in [4.69, 9.17) is 0 Å². The lowest BCUT2D eigenvalue weighted by Crippen LogP contribution is -2.34. The van der Waals surface area contributed by atoms with Gasteiger partial charge in [-0.25, -0.2) is 4.98 Å². The fraction of sp³-hybridized carbons (Fsp3) is 0.400. The Bertz CT molecular complexity index is 731. The van der Waals surface area contributed by atoms with Gasteiger partial charge >= 0.3 is 0 Å². The number of imidazole rings is 1. The molecule has 0 aliphatic carbocycles. The van der Waals surface area contributed by atoms with Crippen LogP contribution in [0.3, 0.4) is 0 Å². The topological polar surface area (TPSA) is 81.8 Å². The highest BCUT2D eigenvalue weighted by atomic mass is 16.2. The molecule has 2 aromatic rings. The van der Waals surface area contributed by atoms with Crippen LogP contribution in [0.4, 0.5) is 0 Å². The number of carbonyl (C=O) groups excluding carboxylic acids is 1. The average Bonchev–Trinajstić information content (AvgIpc) is 3.06. The molecule has 1 saturated heterocycles. The Kier molecular flexibility index (Phi) is 3.37. The molecule has 2 N–H and O–H groups in total. The number of amides is 1. The predicted octanol–water partition coefficient (Wildman–Crippen LogP) is 1.69. The van der Waals surface area contributed by atoms with Crippen molar-refractivity contribution in [2.45, 2.75) is 32.7 Å². The molecule has 21 heavy (non-hydrogen) atoms. The maximum atomic E-state index is 12.6. The van der Waals surface area contributed by atoms with Crippen molar-refractivity contribution in [3.8, 4) is 0 Å². The summed E-state index contributed by atoms with van der Waals surface area (Å²) in [6, 6.07) is 3.27. The van der Waals surface area contributed by atoms with Gasteiger partial charge in [0, 0.05) is 24.1 Å². The van der Waals surface area contributed by atoms with E-state index in [1.54, 1.807) is 30.2 Å². The lowest BCUT2D eigenvalue weighted by atomic mass is 10.2. The number of hydrogen-bond acceptors (Lipinski definition) is 3. The number of nitrogens with zero attached hydrogens (tertiary/aromatic N) is 2. The first kappa shape index (κ1) is 13.6. The van der Waals surface area contributed by atoms with Crippen LogP contribution in [0.25, 0.3) is 0 Å². The Hall–Kier alpha value is -2.37. The van der Waals surface area contributed by atoms with Gasteiger partial charge in [-0.1, -0.05) is 0 Å². The minimum atomic E-state index is -0.332. The van der Waals surface area contributed by atoms with Crippen LogP contribution >= 0.6 is 0 Å². The zero-order valence-electron chi connectivity index (χ0n) is 12.1. The van der Waals surface area contributed by atoms with Gasteiger partial charge in [0.25, 0.3) is 11.5 Å². The van der Waals surface area contributed by atoms with Crippen LogP contribution in [0.2, 0.25) is 0 Å². The van der Waals surface area contributed by atoms with Gasteiger partial charge in [-0.3, -0.25) is 9.59 Å². The molecule has 1 aliphatic rings. The van der Waals surface area contributed by atoms with Gasteiger partial charge in [0.05, 0.1) is 6.04 Å². The van der Waals surface area contributed by atoms with Gasteiger partial charge in [0.1, 0.15) is 11.4 Å². The summed E-state index contributed by atoms with van der Waals surface area (Å²) in [5, 5.41) is 0. The second-order valence-corrected chi connectivity index (χ2v) is 5.49. The van der Waals surface area contributed by atoms with E-state index in [1.165, 1.54) is 0 Å². The van der Waals surface area contributed by atoms with Crippen molar-refractivity contribution in [2.75, 3.05) is 6.54 Å². The van der Waals surface area contributed by atoms with Crippen LogP contribution in [-0.4, -0.2) is 32.3 Å². The Morgan fingerprint density at radius 1 is 1.29 bits per heavy atom. The molecule has 110 valence electrons. The minimum absolute atomic E-state index is 0.0769. The lowest BCUT2D eigenvalue weighted by molar-refractivity contribution is 0.0728. The summed E-state index contributed by atoms with van der Waals surface area (Å²) in [5.74, 6) is 0.565. The van der Waals surface area contributed by atoms with Crippen molar-refractivity contribution in [3.63, 3.8) is 0 Å². The van der Waals surface area contributed by atoms with E-state index in [0.29, 0.717) is 6.54 Å². The number of carbonyl (C=O) groups is 1. The van der Waals surface area contributed by atoms with Crippen LogP contribution in [0, 0.1) is 13.8 Å². The van der Waals surface area contributed by atoms with E-state index >= 15 is 0 Å². The molecule has 0 saturated carbocycles. The molecule has 0 radical (unpaired) electrons. The van der Waals surface area contributed by atoms with E-state index in [1.807, 2.05) is 6.92 Å². The van der Waals surface area contributed by atoms with Gasteiger partial charge in [-0.05, 0) is 38.8 Å². The third-order valence-electron chi connectivity index (χ3n) is 3.84. The number of pyridine rings is 1. The van der Waals surface area contributed by atoms with E-state index in [0.717, 1.165) is 30.1 Å². The Labute approximate surface area is 122 Å². The highest BCUT2D eigenvalue weighted by Gasteiger charge is 2.33. The zero-order chi connectivity index (χ0) is 15.0. The molecular formula is C15H18N4O2. The largest absolute Gasteiger partial charge is 0.344 e. The SMILES string of the molecule is Cc1cnc([C@H]2CCCN2C(=O)c2ccc(C)[nH]c2=O)[nH]1. The maximum absolute atomic E-state index is 12.6. The molecule has 3 rings (SSSR count). The van der Waals surface area contributed by atoms with E-state index < -0.39 is 0 Å². The van der Waals surface area contributed by atoms with Crippen molar-refractivity contribution in [2.24, 2.45) is 0 Å². The quantitative estimate of drug-likeness (QED) is 0.881. The fourth-order valence-corrected chi connectivity index (χ4v) is 2.79. The van der Waals surface area contributed by atoms with Crippen molar-refractivity contribution in [3.05, 3.63) is 51.5 Å². The van der Waals surface area contributed by atoms with Gasteiger partial charge < -0.3 is 14.9 Å². The number of hydrogen-bond donors (Lipinski definition) is 2. The monoisotopic (exact) mass is 286 g/mol. The maximum Gasteiger partial charge on any atom is 0.260 e. The Morgan fingerprint density at radius 2 is 2.10 bits per heavy atom. The van der Waals surface area contributed by atoms with Crippen molar-refractivity contribution in [1.82, 2.24) is 19.9 Å². The van der Waals surface area contributed by atoms with Gasteiger partial charge in [-0.15, -0.1) is 0 Å². The van der Waals surface area contributed by atoms with Gasteiger partial charge in [-0.2, -0.15) is 0 Å². The summed E-state index contributed by atoms with van der Waals surface area (Å²) >= 11 is 0. The number of aromatic amines is 2. The third kappa shape index (κ3) is 2.49. The van der Waals surface area contributed by atoms with Crippen LogP contribution < -0.4 is 5.56 Å². The number of aryl methyl sites for hydroxylation is 2. The molecule has 0 spiro atoms. The van der Waals surface area contributed by atoms with Crippen molar-refractivity contribution in [1.29, 1.82) is 0 Å². The molecule has 1 aliphatic heterocycles. The fourth-order valence-electron chi connectivity index (χ4n) is 2.79. The summed E-state index contributed by atoms with van der Waals surface area (Å²) in [6.07, 6.45) is 3.54. The third-order valence-corrected chi connectivity index (χ3v) is 3.84. The molecule has 1 fully saturated rings. The minimum Gasteiger partial charge on any atom is -0.344 e. The summed E-state index contributed by atoms with van der Waals surface area (Å²) < 4.78 is 0. The predicted molar refractivity (Wildman–Crippen MR) is 78.1 cm³/mol. The van der Waals surface area contributed by atoms with Crippen LogP contribution in [0.5, 0.6) is 0 Å². The lowest BCUT2D eigenvalue weighted by Gasteiger charge is -2.23. The van der Waals surface area contributed by atoms with E-state index in [9.17, 15) is 9.59 Å². The summed E-state index contributed by atoms with van der Waals surface area (Å²) in [6.45, 7) is 4.37. The second kappa shape index (κ2) is 5.20.